The lowest BCUT2D eigenvalue weighted by molar-refractivity contribution is 0.491. The molecule has 1 heterocycles. The zero-order valence-electron chi connectivity index (χ0n) is 12.7. The van der Waals surface area contributed by atoms with Crippen LogP contribution in [0.15, 0.2) is 57.8 Å². The summed E-state index contributed by atoms with van der Waals surface area (Å²) >= 11 is 0. The first-order chi connectivity index (χ1) is 11.5. The van der Waals surface area contributed by atoms with Crippen LogP contribution in [0.3, 0.4) is 0 Å². The van der Waals surface area contributed by atoms with E-state index in [9.17, 15) is 12.8 Å². The molecule has 0 unspecified atom stereocenters. The van der Waals surface area contributed by atoms with Crippen LogP contribution in [-0.2, 0) is 16.6 Å². The minimum Gasteiger partial charge on any atom is -0.419 e. The molecule has 2 aromatic carbocycles. The van der Waals surface area contributed by atoms with E-state index < -0.39 is 15.8 Å². The molecule has 1 aromatic heterocycles. The number of hydrogen-bond donors (Lipinski definition) is 1. The highest BCUT2D eigenvalue weighted by Gasteiger charge is 2.17. The molecule has 0 radical (unpaired) electrons. The molecule has 0 fully saturated rings. The molecule has 0 saturated heterocycles. The van der Waals surface area contributed by atoms with Gasteiger partial charge < -0.3 is 4.42 Å². The zero-order chi connectivity index (χ0) is 17.2. The molecule has 1 N–H and O–H groups in total. The summed E-state index contributed by atoms with van der Waals surface area (Å²) in [7, 11) is -3.70. The van der Waals surface area contributed by atoms with Gasteiger partial charge in [0.15, 0.2) is 0 Å². The molecule has 0 aliphatic carbocycles. The average Bonchev–Trinajstić information content (AvgIpc) is 3.02. The number of benzene rings is 2. The predicted octanol–water partition coefficient (Wildman–Crippen LogP) is 2.66. The van der Waals surface area contributed by atoms with Crippen molar-refractivity contribution < 1.29 is 17.2 Å². The van der Waals surface area contributed by atoms with E-state index in [2.05, 4.69) is 14.9 Å². The highest BCUT2D eigenvalue weighted by atomic mass is 32.2. The fourth-order valence-corrected chi connectivity index (χ4v) is 3.17. The molecule has 0 atom stereocenters. The summed E-state index contributed by atoms with van der Waals surface area (Å²) in [6.07, 6.45) is 0. The van der Waals surface area contributed by atoms with Gasteiger partial charge in [-0.05, 0) is 36.8 Å². The maximum absolute atomic E-state index is 13.7. The van der Waals surface area contributed by atoms with Crippen molar-refractivity contribution >= 4 is 10.0 Å². The van der Waals surface area contributed by atoms with E-state index in [0.717, 1.165) is 5.56 Å². The number of aromatic nitrogens is 2. The summed E-state index contributed by atoms with van der Waals surface area (Å²) in [5.74, 6) is -0.449. The van der Waals surface area contributed by atoms with E-state index in [1.165, 1.54) is 18.2 Å². The zero-order valence-corrected chi connectivity index (χ0v) is 13.5. The summed E-state index contributed by atoms with van der Waals surface area (Å²) in [5.41, 5.74) is 0.996. The van der Waals surface area contributed by atoms with Crippen LogP contribution >= 0.6 is 0 Å². The van der Waals surface area contributed by atoms with Gasteiger partial charge in [-0.1, -0.05) is 24.3 Å². The molecule has 3 aromatic rings. The minimum atomic E-state index is -3.70. The second-order valence-corrected chi connectivity index (χ2v) is 6.89. The first kappa shape index (κ1) is 16.3. The maximum atomic E-state index is 13.7. The predicted molar refractivity (Wildman–Crippen MR) is 84.9 cm³/mol. The Hall–Kier alpha value is -2.58. The summed E-state index contributed by atoms with van der Waals surface area (Å²) in [4.78, 5) is 0.149. The van der Waals surface area contributed by atoms with Gasteiger partial charge in [0.05, 0.1) is 17.0 Å². The number of rotatable bonds is 5. The van der Waals surface area contributed by atoms with Gasteiger partial charge in [-0.25, -0.2) is 17.5 Å². The fourth-order valence-electron chi connectivity index (χ4n) is 2.09. The SMILES string of the molecule is Cc1cccc(S(=O)(=O)NCc2nnc(-c3ccccc3F)o2)c1. The lowest BCUT2D eigenvalue weighted by Crippen LogP contribution is -2.23. The van der Waals surface area contributed by atoms with Crippen molar-refractivity contribution in [2.45, 2.75) is 18.4 Å². The molecule has 0 aliphatic rings. The third-order valence-electron chi connectivity index (χ3n) is 3.28. The highest BCUT2D eigenvalue weighted by Crippen LogP contribution is 2.21. The average molecular weight is 347 g/mol. The Balaban J connectivity index is 1.75. The van der Waals surface area contributed by atoms with Crippen molar-refractivity contribution in [2.24, 2.45) is 0 Å². The quantitative estimate of drug-likeness (QED) is 0.767. The molecule has 0 saturated carbocycles. The number of nitrogens with zero attached hydrogens (tertiary/aromatic N) is 2. The van der Waals surface area contributed by atoms with Crippen LogP contribution in [0.2, 0.25) is 0 Å². The molecule has 124 valence electrons. The van der Waals surface area contributed by atoms with E-state index in [-0.39, 0.29) is 28.8 Å². The van der Waals surface area contributed by atoms with Crippen molar-refractivity contribution in [2.75, 3.05) is 0 Å². The van der Waals surface area contributed by atoms with Gasteiger partial charge in [-0.15, -0.1) is 10.2 Å². The van der Waals surface area contributed by atoms with Crippen LogP contribution in [-0.4, -0.2) is 18.6 Å². The number of nitrogens with one attached hydrogen (secondary N) is 1. The van der Waals surface area contributed by atoms with E-state index in [0.29, 0.717) is 0 Å². The topological polar surface area (TPSA) is 85.1 Å². The summed E-state index contributed by atoms with van der Waals surface area (Å²) in [6.45, 7) is 1.62. The summed E-state index contributed by atoms with van der Waals surface area (Å²) in [6, 6.07) is 12.5. The molecule has 3 rings (SSSR count). The van der Waals surface area contributed by atoms with Gasteiger partial charge in [0.1, 0.15) is 5.82 Å². The first-order valence-electron chi connectivity index (χ1n) is 7.09. The Morgan fingerprint density at radius 2 is 1.92 bits per heavy atom. The first-order valence-corrected chi connectivity index (χ1v) is 8.58. The smallest absolute Gasteiger partial charge is 0.250 e. The molecule has 24 heavy (non-hydrogen) atoms. The molecule has 6 nitrogen and oxygen atoms in total. The fraction of sp³-hybridized carbons (Fsp3) is 0.125. The van der Waals surface area contributed by atoms with Crippen LogP contribution in [0.4, 0.5) is 4.39 Å². The van der Waals surface area contributed by atoms with E-state index >= 15 is 0 Å². The van der Waals surface area contributed by atoms with Crippen molar-refractivity contribution in [1.29, 1.82) is 0 Å². The Kier molecular flexibility index (Phi) is 4.41. The third-order valence-corrected chi connectivity index (χ3v) is 4.68. The Morgan fingerprint density at radius 3 is 2.67 bits per heavy atom. The second-order valence-electron chi connectivity index (χ2n) is 5.12. The molecule has 0 bridgehead atoms. The maximum Gasteiger partial charge on any atom is 0.250 e. The molecule has 0 spiro atoms. The standard InChI is InChI=1S/C16H14FN3O3S/c1-11-5-4-6-12(9-11)24(21,22)18-10-15-19-20-16(23-15)13-7-2-3-8-14(13)17/h2-9,18H,10H2,1H3. The van der Waals surface area contributed by atoms with E-state index in [4.69, 9.17) is 4.42 Å². The molecule has 0 aliphatic heterocycles. The van der Waals surface area contributed by atoms with Crippen LogP contribution < -0.4 is 4.72 Å². The van der Waals surface area contributed by atoms with Crippen LogP contribution in [0.25, 0.3) is 11.5 Å². The number of sulfonamides is 1. The number of halogens is 1. The van der Waals surface area contributed by atoms with Gasteiger partial charge >= 0.3 is 0 Å². The summed E-state index contributed by atoms with van der Waals surface area (Å²) < 4.78 is 45.8. The van der Waals surface area contributed by atoms with Crippen molar-refractivity contribution in [3.8, 4) is 11.5 Å². The molecular weight excluding hydrogens is 333 g/mol. The number of aryl methyl sites for hydroxylation is 1. The van der Waals surface area contributed by atoms with Gasteiger partial charge in [-0.2, -0.15) is 0 Å². The van der Waals surface area contributed by atoms with E-state index in [1.54, 1.807) is 37.3 Å². The Labute approximate surface area is 138 Å². The highest BCUT2D eigenvalue weighted by molar-refractivity contribution is 7.89. The molecular formula is C16H14FN3O3S. The van der Waals surface area contributed by atoms with Gasteiger partial charge in [0.2, 0.25) is 15.9 Å². The summed E-state index contributed by atoms with van der Waals surface area (Å²) in [5, 5.41) is 7.48. The van der Waals surface area contributed by atoms with Crippen LogP contribution in [0.1, 0.15) is 11.5 Å². The third kappa shape index (κ3) is 3.50. The van der Waals surface area contributed by atoms with Gasteiger partial charge in [0, 0.05) is 0 Å². The van der Waals surface area contributed by atoms with Crippen LogP contribution in [0, 0.1) is 12.7 Å². The number of hydrogen-bond acceptors (Lipinski definition) is 5. The lowest BCUT2D eigenvalue weighted by Gasteiger charge is -2.05. The molecule has 0 amide bonds. The monoisotopic (exact) mass is 347 g/mol. The lowest BCUT2D eigenvalue weighted by atomic mass is 10.2. The van der Waals surface area contributed by atoms with Crippen molar-refractivity contribution in [3.63, 3.8) is 0 Å². The Bertz CT molecular complexity index is 970. The largest absolute Gasteiger partial charge is 0.419 e. The van der Waals surface area contributed by atoms with Crippen molar-refractivity contribution in [3.05, 3.63) is 65.8 Å². The normalized spacial score (nSPS) is 11.6. The Morgan fingerprint density at radius 1 is 1.12 bits per heavy atom. The minimum absolute atomic E-state index is 0.00199. The van der Waals surface area contributed by atoms with E-state index in [1.807, 2.05) is 0 Å². The van der Waals surface area contributed by atoms with Gasteiger partial charge in [-0.3, -0.25) is 0 Å². The second kappa shape index (κ2) is 6.50. The molecule has 8 heteroatoms. The van der Waals surface area contributed by atoms with Crippen LogP contribution in [0.5, 0.6) is 0 Å². The van der Waals surface area contributed by atoms with Gasteiger partial charge in [0.25, 0.3) is 5.89 Å². The van der Waals surface area contributed by atoms with Crippen molar-refractivity contribution in [1.82, 2.24) is 14.9 Å².